The highest BCUT2D eigenvalue weighted by Gasteiger charge is 2.35. The molecule has 0 bridgehead atoms. The number of likely N-dealkylation sites (N-methyl/N-ethyl adjacent to an activating group) is 2. The molecular formula is C41H54FN5O3. The van der Waals surface area contributed by atoms with Crippen molar-refractivity contribution in [3.8, 4) is 11.1 Å². The third-order valence-corrected chi connectivity index (χ3v) is 10.1. The van der Waals surface area contributed by atoms with Crippen LogP contribution in [0.4, 0.5) is 4.39 Å². The van der Waals surface area contributed by atoms with E-state index in [0.29, 0.717) is 19.0 Å². The second-order valence-corrected chi connectivity index (χ2v) is 14.1. The number of carbonyl (C=O) groups excluding carboxylic acids is 3. The Balaban J connectivity index is 1.59. The van der Waals surface area contributed by atoms with E-state index in [1.807, 2.05) is 81.6 Å². The molecule has 0 aromatic heterocycles. The van der Waals surface area contributed by atoms with E-state index in [1.54, 1.807) is 26.2 Å². The number of hydrogen-bond donors (Lipinski definition) is 2. The van der Waals surface area contributed by atoms with Gasteiger partial charge in [-0.2, -0.15) is 0 Å². The highest BCUT2D eigenvalue weighted by Crippen LogP contribution is 2.22. The lowest BCUT2D eigenvalue weighted by atomic mass is 9.98. The number of carbonyl (C=O) groups is 3. The fraction of sp³-hybridized carbons (Fsp3) is 0.439. The number of likely N-dealkylation sites (tertiary alicyclic amines) is 1. The van der Waals surface area contributed by atoms with Crippen LogP contribution < -0.4 is 10.6 Å². The van der Waals surface area contributed by atoms with Crippen LogP contribution in [-0.2, 0) is 27.2 Å². The van der Waals surface area contributed by atoms with E-state index in [9.17, 15) is 18.8 Å². The van der Waals surface area contributed by atoms with Crippen LogP contribution in [0.15, 0.2) is 91.0 Å². The molecule has 50 heavy (non-hydrogen) atoms. The van der Waals surface area contributed by atoms with Crippen molar-refractivity contribution in [3.05, 3.63) is 108 Å². The zero-order valence-electron chi connectivity index (χ0n) is 30.5. The first-order chi connectivity index (χ1) is 23.9. The molecule has 0 spiro atoms. The SMILES string of the molecule is CNC(C)(C)C/C=C/C(=O)N(C)[C@H](Cc1ccc(-c2ccccc2)cc1)C(=O)N(C)[C@H](Cc1ccc(F)cc1)C(=O)NCCC1CCCN1C. The van der Waals surface area contributed by atoms with Gasteiger partial charge in [0.1, 0.15) is 17.9 Å². The van der Waals surface area contributed by atoms with Crippen LogP contribution >= 0.6 is 0 Å². The lowest BCUT2D eigenvalue weighted by Gasteiger charge is -2.34. The Morgan fingerprint density at radius 1 is 0.900 bits per heavy atom. The number of halogens is 1. The minimum absolute atomic E-state index is 0.195. The zero-order valence-corrected chi connectivity index (χ0v) is 30.5. The van der Waals surface area contributed by atoms with Crippen molar-refractivity contribution >= 4 is 17.7 Å². The summed E-state index contributed by atoms with van der Waals surface area (Å²) in [5, 5.41) is 6.31. The molecule has 9 heteroatoms. The third-order valence-electron chi connectivity index (χ3n) is 10.1. The molecule has 1 heterocycles. The number of nitrogens with zero attached hydrogens (tertiary/aromatic N) is 3. The van der Waals surface area contributed by atoms with E-state index in [0.717, 1.165) is 48.1 Å². The molecule has 3 atom stereocenters. The van der Waals surface area contributed by atoms with Gasteiger partial charge in [0.2, 0.25) is 17.7 Å². The topological polar surface area (TPSA) is 85.0 Å². The lowest BCUT2D eigenvalue weighted by Crippen LogP contribution is -2.56. The van der Waals surface area contributed by atoms with Crippen LogP contribution in [0.25, 0.3) is 11.1 Å². The van der Waals surface area contributed by atoms with Crippen molar-refractivity contribution in [1.29, 1.82) is 0 Å². The molecule has 0 saturated carbocycles. The van der Waals surface area contributed by atoms with E-state index in [1.165, 1.54) is 28.0 Å². The van der Waals surface area contributed by atoms with Crippen molar-refractivity contribution in [2.24, 2.45) is 0 Å². The molecule has 1 aliphatic rings. The van der Waals surface area contributed by atoms with Crippen LogP contribution in [0.1, 0.15) is 50.7 Å². The number of benzene rings is 3. The minimum Gasteiger partial charge on any atom is -0.354 e. The summed E-state index contributed by atoms with van der Waals surface area (Å²) in [5.41, 5.74) is 3.56. The molecule has 1 fully saturated rings. The molecule has 4 rings (SSSR count). The Kier molecular flexibility index (Phi) is 13.9. The smallest absolute Gasteiger partial charge is 0.246 e. The van der Waals surface area contributed by atoms with Crippen molar-refractivity contribution in [2.45, 2.75) is 76.0 Å². The van der Waals surface area contributed by atoms with E-state index in [-0.39, 0.29) is 41.9 Å². The molecule has 0 aliphatic carbocycles. The molecule has 3 amide bonds. The lowest BCUT2D eigenvalue weighted by molar-refractivity contribution is -0.146. The van der Waals surface area contributed by atoms with Crippen LogP contribution in [-0.4, -0.2) is 97.4 Å². The van der Waals surface area contributed by atoms with Crippen LogP contribution in [0, 0.1) is 5.82 Å². The summed E-state index contributed by atoms with van der Waals surface area (Å²) in [5.74, 6) is -1.30. The molecule has 0 radical (unpaired) electrons. The Hall–Kier alpha value is -4.34. The van der Waals surface area contributed by atoms with Crippen molar-refractivity contribution in [1.82, 2.24) is 25.3 Å². The summed E-state index contributed by atoms with van der Waals surface area (Å²) in [6.45, 7) is 5.63. The van der Waals surface area contributed by atoms with Crippen LogP contribution in [0.5, 0.6) is 0 Å². The first kappa shape index (κ1) is 38.5. The van der Waals surface area contributed by atoms with Gasteiger partial charge >= 0.3 is 0 Å². The van der Waals surface area contributed by atoms with Gasteiger partial charge in [-0.15, -0.1) is 0 Å². The van der Waals surface area contributed by atoms with E-state index < -0.39 is 12.1 Å². The summed E-state index contributed by atoms with van der Waals surface area (Å²) in [4.78, 5) is 47.2. The number of amides is 3. The van der Waals surface area contributed by atoms with Gasteiger partial charge in [-0.25, -0.2) is 4.39 Å². The predicted octanol–water partition coefficient (Wildman–Crippen LogP) is 5.48. The van der Waals surface area contributed by atoms with E-state index in [4.69, 9.17) is 0 Å². The van der Waals surface area contributed by atoms with E-state index in [2.05, 4.69) is 22.6 Å². The second-order valence-electron chi connectivity index (χ2n) is 14.1. The van der Waals surface area contributed by atoms with Gasteiger partial charge in [-0.1, -0.05) is 72.8 Å². The highest BCUT2D eigenvalue weighted by molar-refractivity contribution is 5.95. The molecule has 1 unspecified atom stereocenters. The van der Waals surface area contributed by atoms with Crippen LogP contribution in [0.3, 0.4) is 0 Å². The number of hydrogen-bond acceptors (Lipinski definition) is 5. The number of rotatable bonds is 16. The summed E-state index contributed by atoms with van der Waals surface area (Å²) in [6.07, 6.45) is 7.48. The zero-order chi connectivity index (χ0) is 36.3. The Morgan fingerprint density at radius 2 is 1.50 bits per heavy atom. The fourth-order valence-corrected chi connectivity index (χ4v) is 6.37. The summed E-state index contributed by atoms with van der Waals surface area (Å²) in [6, 6.07) is 22.7. The maximum absolute atomic E-state index is 14.5. The molecule has 3 aromatic carbocycles. The van der Waals surface area contributed by atoms with E-state index >= 15 is 0 Å². The normalized spacial score (nSPS) is 16.3. The monoisotopic (exact) mass is 683 g/mol. The third kappa shape index (κ3) is 10.8. The maximum atomic E-state index is 14.5. The Bertz CT molecular complexity index is 1580. The summed E-state index contributed by atoms with van der Waals surface area (Å²) in [7, 11) is 7.24. The Morgan fingerprint density at radius 3 is 2.10 bits per heavy atom. The largest absolute Gasteiger partial charge is 0.354 e. The minimum atomic E-state index is -0.882. The Labute approximate surface area is 297 Å². The van der Waals surface area contributed by atoms with Gasteiger partial charge in [0.25, 0.3) is 0 Å². The van der Waals surface area contributed by atoms with Gasteiger partial charge in [0.15, 0.2) is 0 Å². The molecule has 3 aromatic rings. The van der Waals surface area contributed by atoms with Gasteiger partial charge < -0.3 is 25.3 Å². The summed E-state index contributed by atoms with van der Waals surface area (Å²) >= 11 is 0. The average Bonchev–Trinajstić information content (AvgIpc) is 3.53. The van der Waals surface area contributed by atoms with Gasteiger partial charge in [-0.05, 0) is 101 Å². The fourth-order valence-electron chi connectivity index (χ4n) is 6.37. The van der Waals surface area contributed by atoms with Gasteiger partial charge in [0, 0.05) is 45.1 Å². The average molecular weight is 684 g/mol. The van der Waals surface area contributed by atoms with Gasteiger partial charge in [0.05, 0.1) is 0 Å². The molecule has 1 aliphatic heterocycles. The standard InChI is InChI=1S/C41H54FN5O3/c1-41(2,43-3)25-10-15-38(48)46(5)37(29-30-16-20-33(21-17-30)32-12-8-7-9-13-32)40(50)47(6)36(28-31-18-22-34(42)23-19-31)39(49)44-26-24-35-14-11-27-45(35)4/h7-10,12-13,15-23,35-37,43H,11,14,24-29H2,1-6H3,(H,44,49)/b15-10+/t35?,36-,37-/m1/s1. The van der Waals surface area contributed by atoms with Crippen molar-refractivity contribution < 1.29 is 18.8 Å². The van der Waals surface area contributed by atoms with Crippen LogP contribution in [0.2, 0.25) is 0 Å². The predicted molar refractivity (Wildman–Crippen MR) is 199 cm³/mol. The maximum Gasteiger partial charge on any atom is 0.246 e. The molecule has 2 N–H and O–H groups in total. The van der Waals surface area contributed by atoms with Crippen molar-refractivity contribution in [3.63, 3.8) is 0 Å². The second kappa shape index (κ2) is 18.1. The first-order valence-corrected chi connectivity index (χ1v) is 17.6. The first-order valence-electron chi connectivity index (χ1n) is 17.6. The quantitative estimate of drug-likeness (QED) is 0.196. The highest BCUT2D eigenvalue weighted by atomic mass is 19.1. The molecular weight excluding hydrogens is 629 g/mol. The van der Waals surface area contributed by atoms with Crippen molar-refractivity contribution in [2.75, 3.05) is 41.3 Å². The molecule has 8 nitrogen and oxygen atoms in total. The summed E-state index contributed by atoms with van der Waals surface area (Å²) < 4.78 is 13.8. The van der Waals surface area contributed by atoms with Gasteiger partial charge in [-0.3, -0.25) is 14.4 Å². The number of nitrogens with one attached hydrogen (secondary N) is 2. The molecule has 268 valence electrons. The molecule has 1 saturated heterocycles.